The molecule has 0 aliphatic carbocycles. The predicted octanol–water partition coefficient (Wildman–Crippen LogP) is 3.20. The number of hydrogen-bond donors (Lipinski definition) is 1. The van der Waals surface area contributed by atoms with Crippen LogP contribution in [0.4, 0.5) is 5.69 Å². The number of nitrogens with zero attached hydrogens (tertiary/aromatic N) is 2. The van der Waals surface area contributed by atoms with E-state index < -0.39 is 15.9 Å². The van der Waals surface area contributed by atoms with Crippen molar-refractivity contribution in [2.24, 2.45) is 0 Å². The first-order valence-electron chi connectivity index (χ1n) is 6.78. The topological polar surface area (TPSA) is 79.4 Å². The van der Waals surface area contributed by atoms with Crippen molar-refractivity contribution in [1.82, 2.24) is 9.29 Å². The fourth-order valence-corrected chi connectivity index (χ4v) is 3.05. The van der Waals surface area contributed by atoms with Crippen LogP contribution in [0, 0.1) is 6.92 Å². The maximum absolute atomic E-state index is 12.3. The summed E-state index contributed by atoms with van der Waals surface area (Å²) >= 11 is 11.6. The van der Waals surface area contributed by atoms with E-state index in [1.54, 1.807) is 13.0 Å². The van der Waals surface area contributed by atoms with E-state index >= 15 is 0 Å². The quantitative estimate of drug-likeness (QED) is 0.816. The van der Waals surface area contributed by atoms with Gasteiger partial charge in [-0.1, -0.05) is 29.3 Å². The number of carbonyl (C=O) groups excluding carboxylic acids is 1. The second-order valence-corrected chi connectivity index (χ2v) is 8.13. The molecule has 2 aromatic rings. The van der Waals surface area contributed by atoms with Crippen molar-refractivity contribution < 1.29 is 13.2 Å². The molecule has 2 rings (SSSR count). The third-order valence-corrected chi connectivity index (χ3v) is 5.79. The van der Waals surface area contributed by atoms with Gasteiger partial charge in [0.1, 0.15) is 5.15 Å². The van der Waals surface area contributed by atoms with Crippen LogP contribution < -0.4 is 5.32 Å². The van der Waals surface area contributed by atoms with Gasteiger partial charge in [-0.3, -0.25) is 4.79 Å². The third kappa shape index (κ3) is 3.87. The summed E-state index contributed by atoms with van der Waals surface area (Å²) in [5, 5.41) is 2.92. The number of amides is 1. The lowest BCUT2D eigenvalue weighted by Gasteiger charge is -2.14. The number of sulfonamides is 1. The van der Waals surface area contributed by atoms with Gasteiger partial charge in [0.2, 0.25) is 10.0 Å². The van der Waals surface area contributed by atoms with Crippen molar-refractivity contribution in [3.8, 4) is 0 Å². The second-order valence-electron chi connectivity index (χ2n) is 5.21. The van der Waals surface area contributed by atoms with Gasteiger partial charge < -0.3 is 5.32 Å². The Bertz CT molecular complexity index is 899. The smallest absolute Gasteiger partial charge is 0.257 e. The molecule has 1 aromatic carbocycles. The second kappa shape index (κ2) is 7.06. The van der Waals surface area contributed by atoms with Crippen molar-refractivity contribution >= 4 is 44.8 Å². The molecule has 1 aromatic heterocycles. The molecule has 0 saturated carbocycles. The average molecular weight is 388 g/mol. The van der Waals surface area contributed by atoms with E-state index in [1.807, 2.05) is 0 Å². The number of aromatic nitrogens is 1. The van der Waals surface area contributed by atoms with Gasteiger partial charge in [0.25, 0.3) is 5.91 Å². The summed E-state index contributed by atoms with van der Waals surface area (Å²) in [6.45, 7) is 1.76. The lowest BCUT2D eigenvalue weighted by molar-refractivity contribution is 0.102. The standard InChI is InChI=1S/C15H15Cl2N3O3S/c1-9-4-5-11(24(22,23)20(2)3)7-13(9)19-15(21)10-6-12(16)14(17)18-8-10/h4-8H,1-3H3,(H,19,21). The van der Waals surface area contributed by atoms with E-state index in [1.165, 1.54) is 38.5 Å². The van der Waals surface area contributed by atoms with Crippen molar-refractivity contribution in [3.63, 3.8) is 0 Å². The van der Waals surface area contributed by atoms with E-state index in [0.29, 0.717) is 11.3 Å². The van der Waals surface area contributed by atoms with E-state index in [0.717, 1.165) is 4.31 Å². The molecule has 0 bridgehead atoms. The summed E-state index contributed by atoms with van der Waals surface area (Å²) in [4.78, 5) is 16.2. The molecule has 24 heavy (non-hydrogen) atoms. The predicted molar refractivity (Wildman–Crippen MR) is 94.3 cm³/mol. The Kier molecular flexibility index (Phi) is 5.49. The first-order valence-corrected chi connectivity index (χ1v) is 8.98. The van der Waals surface area contributed by atoms with E-state index in [2.05, 4.69) is 10.3 Å². The van der Waals surface area contributed by atoms with Crippen LogP contribution >= 0.6 is 23.2 Å². The van der Waals surface area contributed by atoms with Crippen LogP contribution in [0.5, 0.6) is 0 Å². The molecule has 1 N–H and O–H groups in total. The van der Waals surface area contributed by atoms with Gasteiger partial charge >= 0.3 is 0 Å². The van der Waals surface area contributed by atoms with Gasteiger partial charge in [-0.05, 0) is 30.7 Å². The van der Waals surface area contributed by atoms with E-state index in [9.17, 15) is 13.2 Å². The molecule has 128 valence electrons. The number of carbonyl (C=O) groups is 1. The van der Waals surface area contributed by atoms with Gasteiger partial charge in [0, 0.05) is 26.0 Å². The number of benzene rings is 1. The summed E-state index contributed by atoms with van der Waals surface area (Å²) in [6.07, 6.45) is 1.29. The summed E-state index contributed by atoms with van der Waals surface area (Å²) in [7, 11) is -0.719. The highest BCUT2D eigenvalue weighted by Crippen LogP contribution is 2.24. The van der Waals surface area contributed by atoms with Gasteiger partial charge in [0.15, 0.2) is 0 Å². The molecular formula is C15H15Cl2N3O3S. The highest BCUT2D eigenvalue weighted by Gasteiger charge is 2.19. The Morgan fingerprint density at radius 3 is 2.46 bits per heavy atom. The molecule has 0 fully saturated rings. The first kappa shape index (κ1) is 18.7. The Morgan fingerprint density at radius 1 is 1.21 bits per heavy atom. The Hall–Kier alpha value is -1.67. The minimum absolute atomic E-state index is 0.0839. The zero-order valence-electron chi connectivity index (χ0n) is 13.2. The molecule has 0 aliphatic rings. The molecule has 0 unspecified atom stereocenters. The highest BCUT2D eigenvalue weighted by atomic mass is 35.5. The van der Waals surface area contributed by atoms with Crippen LogP contribution in [0.25, 0.3) is 0 Å². The monoisotopic (exact) mass is 387 g/mol. The molecule has 0 saturated heterocycles. The SMILES string of the molecule is Cc1ccc(S(=O)(=O)N(C)C)cc1NC(=O)c1cnc(Cl)c(Cl)c1. The zero-order chi connectivity index (χ0) is 18.1. The van der Waals surface area contributed by atoms with E-state index in [4.69, 9.17) is 23.2 Å². The number of rotatable bonds is 4. The molecular weight excluding hydrogens is 373 g/mol. The minimum Gasteiger partial charge on any atom is -0.322 e. The van der Waals surface area contributed by atoms with E-state index in [-0.39, 0.29) is 20.6 Å². The van der Waals surface area contributed by atoms with Gasteiger partial charge in [-0.2, -0.15) is 0 Å². The largest absolute Gasteiger partial charge is 0.322 e. The van der Waals surface area contributed by atoms with Crippen molar-refractivity contribution in [3.05, 3.63) is 51.8 Å². The van der Waals surface area contributed by atoms with Gasteiger partial charge in [-0.25, -0.2) is 17.7 Å². The molecule has 0 spiro atoms. The molecule has 0 aliphatic heterocycles. The Morgan fingerprint density at radius 2 is 1.88 bits per heavy atom. The van der Waals surface area contributed by atoms with Crippen LogP contribution in [-0.2, 0) is 10.0 Å². The maximum Gasteiger partial charge on any atom is 0.257 e. The van der Waals surface area contributed by atoms with Gasteiger partial charge in [-0.15, -0.1) is 0 Å². The van der Waals surface area contributed by atoms with Crippen molar-refractivity contribution in [1.29, 1.82) is 0 Å². The van der Waals surface area contributed by atoms with Gasteiger partial charge in [0.05, 0.1) is 15.5 Å². The Balaban J connectivity index is 2.35. The number of nitrogens with one attached hydrogen (secondary N) is 1. The summed E-state index contributed by atoms with van der Waals surface area (Å²) in [5.41, 5.74) is 1.31. The fraction of sp³-hybridized carbons (Fsp3) is 0.200. The fourth-order valence-electron chi connectivity index (χ4n) is 1.85. The van der Waals surface area contributed by atoms with Crippen LogP contribution in [0.15, 0.2) is 35.4 Å². The number of halogens is 2. The lowest BCUT2D eigenvalue weighted by Crippen LogP contribution is -2.22. The van der Waals surface area contributed by atoms with Crippen molar-refractivity contribution in [2.75, 3.05) is 19.4 Å². The number of pyridine rings is 1. The molecule has 0 atom stereocenters. The minimum atomic E-state index is -3.60. The summed E-state index contributed by atoms with van der Waals surface area (Å²) in [6, 6.07) is 5.91. The molecule has 1 heterocycles. The number of hydrogen-bond acceptors (Lipinski definition) is 4. The van der Waals surface area contributed by atoms with Crippen LogP contribution in [0.3, 0.4) is 0 Å². The van der Waals surface area contributed by atoms with Crippen LogP contribution in [0.2, 0.25) is 10.2 Å². The molecule has 0 radical (unpaired) electrons. The molecule has 6 nitrogen and oxygen atoms in total. The van der Waals surface area contributed by atoms with Crippen molar-refractivity contribution in [2.45, 2.75) is 11.8 Å². The third-order valence-electron chi connectivity index (χ3n) is 3.29. The normalized spacial score (nSPS) is 11.6. The Labute approximate surface area is 150 Å². The molecule has 9 heteroatoms. The first-order chi connectivity index (χ1) is 11.1. The zero-order valence-corrected chi connectivity index (χ0v) is 15.5. The maximum atomic E-state index is 12.3. The van der Waals surface area contributed by atoms with Crippen LogP contribution in [-0.4, -0.2) is 37.7 Å². The number of aryl methyl sites for hydroxylation is 1. The van der Waals surface area contributed by atoms with Crippen LogP contribution in [0.1, 0.15) is 15.9 Å². The summed E-state index contributed by atoms with van der Waals surface area (Å²) < 4.78 is 25.5. The highest BCUT2D eigenvalue weighted by molar-refractivity contribution is 7.89. The molecule has 1 amide bonds. The lowest BCUT2D eigenvalue weighted by atomic mass is 10.2. The average Bonchev–Trinajstić information content (AvgIpc) is 2.51. The number of anilines is 1. The summed E-state index contributed by atoms with van der Waals surface area (Å²) in [5.74, 6) is -0.469.